The molecule has 1 aliphatic carbocycles. The third kappa shape index (κ3) is 2.73. The lowest BCUT2D eigenvalue weighted by molar-refractivity contribution is 0.0734. The first-order valence-corrected chi connectivity index (χ1v) is 9.07. The van der Waals surface area contributed by atoms with Crippen LogP contribution in [0.1, 0.15) is 45.1 Å². The summed E-state index contributed by atoms with van der Waals surface area (Å²) in [4.78, 5) is 15.9. The van der Waals surface area contributed by atoms with Gasteiger partial charge in [-0.05, 0) is 51.1 Å². The average Bonchev–Trinajstić information content (AvgIpc) is 3.23. The molecule has 0 saturated heterocycles. The Bertz CT molecular complexity index is 901. The first-order valence-electron chi connectivity index (χ1n) is 8.26. The second kappa shape index (κ2) is 5.74. The Balaban J connectivity index is 1.66. The molecule has 1 aromatic carbocycles. The number of carbonyl (C=O) groups is 1. The topological polar surface area (TPSA) is 46.3 Å². The van der Waals surface area contributed by atoms with E-state index in [0.29, 0.717) is 12.6 Å². The molecule has 0 radical (unpaired) electrons. The van der Waals surface area contributed by atoms with Crippen LogP contribution in [-0.2, 0) is 6.54 Å². The summed E-state index contributed by atoms with van der Waals surface area (Å²) in [7, 11) is 0. The molecule has 0 unspecified atom stereocenters. The van der Waals surface area contributed by atoms with Gasteiger partial charge in [0.05, 0.1) is 17.1 Å². The van der Waals surface area contributed by atoms with Crippen LogP contribution in [0.4, 0.5) is 0 Å². The van der Waals surface area contributed by atoms with Gasteiger partial charge in [-0.15, -0.1) is 11.3 Å². The zero-order valence-electron chi connectivity index (χ0n) is 14.1. The van der Waals surface area contributed by atoms with Crippen molar-refractivity contribution in [3.05, 3.63) is 51.7 Å². The maximum atomic E-state index is 13.1. The van der Waals surface area contributed by atoms with Gasteiger partial charge in [0.1, 0.15) is 5.76 Å². The highest BCUT2D eigenvalue weighted by molar-refractivity contribution is 7.20. The van der Waals surface area contributed by atoms with E-state index >= 15 is 0 Å². The van der Waals surface area contributed by atoms with E-state index in [1.165, 1.54) is 5.56 Å². The van der Waals surface area contributed by atoms with Gasteiger partial charge in [0.25, 0.3) is 5.91 Å². The quantitative estimate of drug-likeness (QED) is 0.696. The molecule has 0 N–H and O–H groups in total. The van der Waals surface area contributed by atoms with Crippen molar-refractivity contribution in [2.45, 2.75) is 46.2 Å². The Hall–Kier alpha value is -2.14. The summed E-state index contributed by atoms with van der Waals surface area (Å²) in [5.74, 6) is 0.925. The second-order valence-corrected chi connectivity index (χ2v) is 7.70. The molecule has 2 heterocycles. The van der Waals surface area contributed by atoms with Gasteiger partial charge in [-0.2, -0.15) is 0 Å². The van der Waals surface area contributed by atoms with E-state index < -0.39 is 0 Å². The molecule has 124 valence electrons. The Morgan fingerprint density at radius 2 is 2.08 bits per heavy atom. The summed E-state index contributed by atoms with van der Waals surface area (Å²) >= 11 is 1.58. The van der Waals surface area contributed by atoms with Crippen LogP contribution in [0, 0.1) is 20.8 Å². The van der Waals surface area contributed by atoms with E-state index in [-0.39, 0.29) is 5.91 Å². The van der Waals surface area contributed by atoms with Crippen molar-refractivity contribution in [1.29, 1.82) is 0 Å². The number of rotatable bonds is 4. The van der Waals surface area contributed by atoms with Gasteiger partial charge in [-0.3, -0.25) is 4.79 Å². The minimum Gasteiger partial charge on any atom is -0.361 e. The number of hydrogen-bond donors (Lipinski definition) is 0. The molecule has 0 atom stereocenters. The molecule has 2 aromatic heterocycles. The van der Waals surface area contributed by atoms with Gasteiger partial charge < -0.3 is 9.42 Å². The number of thiophene rings is 1. The molecule has 1 fully saturated rings. The van der Waals surface area contributed by atoms with Crippen LogP contribution < -0.4 is 0 Å². The fourth-order valence-corrected chi connectivity index (χ4v) is 4.06. The lowest BCUT2D eigenvalue weighted by Gasteiger charge is -2.21. The molecule has 4 rings (SSSR count). The molecule has 24 heavy (non-hydrogen) atoms. The third-order valence-electron chi connectivity index (χ3n) is 4.64. The minimum absolute atomic E-state index is 0.122. The van der Waals surface area contributed by atoms with Crippen molar-refractivity contribution < 1.29 is 9.32 Å². The Morgan fingerprint density at radius 3 is 2.75 bits per heavy atom. The fourth-order valence-electron chi connectivity index (χ4n) is 3.06. The van der Waals surface area contributed by atoms with Gasteiger partial charge in [0.15, 0.2) is 0 Å². The van der Waals surface area contributed by atoms with Crippen LogP contribution in [0.5, 0.6) is 0 Å². The highest BCUT2D eigenvalue weighted by Crippen LogP contribution is 2.34. The molecule has 3 aromatic rings. The van der Waals surface area contributed by atoms with Crippen molar-refractivity contribution in [2.75, 3.05) is 0 Å². The lowest BCUT2D eigenvalue weighted by atomic mass is 10.1. The van der Waals surface area contributed by atoms with E-state index in [9.17, 15) is 4.79 Å². The van der Waals surface area contributed by atoms with Crippen LogP contribution in [-0.4, -0.2) is 22.0 Å². The molecule has 0 spiro atoms. The van der Waals surface area contributed by atoms with E-state index in [1.807, 2.05) is 24.8 Å². The third-order valence-corrected chi connectivity index (χ3v) is 5.74. The summed E-state index contributed by atoms with van der Waals surface area (Å²) in [5.41, 5.74) is 3.12. The van der Waals surface area contributed by atoms with Crippen LogP contribution in [0.25, 0.3) is 10.1 Å². The van der Waals surface area contributed by atoms with Gasteiger partial charge in [0.2, 0.25) is 0 Å². The van der Waals surface area contributed by atoms with Crippen LogP contribution in [0.2, 0.25) is 0 Å². The highest BCUT2D eigenvalue weighted by Gasteiger charge is 2.34. The maximum absolute atomic E-state index is 13.1. The predicted octanol–water partition coefficient (Wildman–Crippen LogP) is 4.62. The molecule has 0 bridgehead atoms. The van der Waals surface area contributed by atoms with Crippen molar-refractivity contribution >= 4 is 27.3 Å². The second-order valence-electron chi connectivity index (χ2n) is 6.62. The number of carbonyl (C=O) groups excluding carboxylic acids is 1. The number of amides is 1. The van der Waals surface area contributed by atoms with E-state index in [1.54, 1.807) is 11.3 Å². The monoisotopic (exact) mass is 340 g/mol. The highest BCUT2D eigenvalue weighted by atomic mass is 32.1. The average molecular weight is 340 g/mol. The Morgan fingerprint density at radius 1 is 1.29 bits per heavy atom. The number of fused-ring (bicyclic) bond motifs is 1. The molecule has 1 amide bonds. The Labute approximate surface area is 145 Å². The number of hydrogen-bond acceptors (Lipinski definition) is 4. The largest absolute Gasteiger partial charge is 0.361 e. The van der Waals surface area contributed by atoms with Gasteiger partial charge in [0, 0.05) is 16.3 Å². The fraction of sp³-hybridized carbons (Fsp3) is 0.368. The van der Waals surface area contributed by atoms with Gasteiger partial charge in [-0.1, -0.05) is 22.9 Å². The summed E-state index contributed by atoms with van der Waals surface area (Å²) in [6, 6.07) is 8.70. The Kier molecular flexibility index (Phi) is 3.68. The first kappa shape index (κ1) is 15.4. The first-order chi connectivity index (χ1) is 11.5. The molecule has 4 nitrogen and oxygen atoms in total. The molecule has 0 aliphatic heterocycles. The summed E-state index contributed by atoms with van der Waals surface area (Å²) in [5, 5.41) is 5.16. The number of aryl methyl sites for hydroxylation is 3. The molecule has 1 saturated carbocycles. The van der Waals surface area contributed by atoms with Crippen molar-refractivity contribution in [2.24, 2.45) is 0 Å². The van der Waals surface area contributed by atoms with Crippen molar-refractivity contribution in [1.82, 2.24) is 10.1 Å². The smallest absolute Gasteiger partial charge is 0.264 e. The van der Waals surface area contributed by atoms with Gasteiger partial charge >= 0.3 is 0 Å². The van der Waals surface area contributed by atoms with Crippen LogP contribution >= 0.6 is 11.3 Å². The van der Waals surface area contributed by atoms with Crippen LogP contribution in [0.3, 0.4) is 0 Å². The van der Waals surface area contributed by atoms with Gasteiger partial charge in [-0.25, -0.2) is 0 Å². The van der Waals surface area contributed by atoms with E-state index in [2.05, 4.69) is 30.3 Å². The SMILES string of the molecule is Cc1ccc2sc(C(=O)N(Cc3c(C)noc3C)C3CC3)cc2c1. The zero-order valence-corrected chi connectivity index (χ0v) is 14.9. The molecular formula is C19H20N2O2S. The van der Waals surface area contributed by atoms with Crippen molar-refractivity contribution in [3.8, 4) is 0 Å². The van der Waals surface area contributed by atoms with E-state index in [4.69, 9.17) is 4.52 Å². The standard InChI is InChI=1S/C19H20N2O2S/c1-11-4-7-17-14(8-11)9-18(24-17)19(22)21(15-5-6-15)10-16-12(2)20-23-13(16)3/h4,7-9,15H,5-6,10H2,1-3H3. The summed E-state index contributed by atoms with van der Waals surface area (Å²) in [6.45, 7) is 6.50. The number of benzene rings is 1. The predicted molar refractivity (Wildman–Crippen MR) is 95.4 cm³/mol. The maximum Gasteiger partial charge on any atom is 0.264 e. The van der Waals surface area contributed by atoms with E-state index in [0.717, 1.165) is 44.8 Å². The normalized spacial score (nSPS) is 14.3. The summed E-state index contributed by atoms with van der Waals surface area (Å²) in [6.07, 6.45) is 2.16. The molecule has 1 aliphatic rings. The van der Waals surface area contributed by atoms with Crippen molar-refractivity contribution in [3.63, 3.8) is 0 Å². The minimum atomic E-state index is 0.122. The zero-order chi connectivity index (χ0) is 16.8. The number of aromatic nitrogens is 1. The van der Waals surface area contributed by atoms with Crippen LogP contribution in [0.15, 0.2) is 28.8 Å². The number of nitrogens with zero attached hydrogens (tertiary/aromatic N) is 2. The molecule has 5 heteroatoms. The molecular weight excluding hydrogens is 320 g/mol. The lowest BCUT2D eigenvalue weighted by Crippen LogP contribution is -2.32. The summed E-state index contributed by atoms with van der Waals surface area (Å²) < 4.78 is 6.42.